The summed E-state index contributed by atoms with van der Waals surface area (Å²) in [5, 5.41) is 7.65. The van der Waals surface area contributed by atoms with Crippen molar-refractivity contribution < 1.29 is 4.74 Å². The Morgan fingerprint density at radius 3 is 2.74 bits per heavy atom. The molecule has 0 fully saturated rings. The van der Waals surface area contributed by atoms with E-state index in [1.807, 2.05) is 10.9 Å². The van der Waals surface area contributed by atoms with E-state index >= 15 is 0 Å². The zero-order chi connectivity index (χ0) is 13.9. The molecular formula is C15H29N3O. The molecule has 0 aliphatic heterocycles. The van der Waals surface area contributed by atoms with Crippen LogP contribution in [0.4, 0.5) is 0 Å². The molecule has 0 spiro atoms. The van der Waals surface area contributed by atoms with Crippen molar-refractivity contribution in [3.8, 4) is 5.75 Å². The molecule has 0 unspecified atom stereocenters. The molecule has 1 rings (SSSR count). The van der Waals surface area contributed by atoms with Crippen molar-refractivity contribution in [3.63, 3.8) is 0 Å². The summed E-state index contributed by atoms with van der Waals surface area (Å²) in [5.41, 5.74) is 0. The summed E-state index contributed by atoms with van der Waals surface area (Å²) < 4.78 is 7.53. The average molecular weight is 267 g/mol. The molecule has 19 heavy (non-hydrogen) atoms. The number of nitrogens with one attached hydrogen (secondary N) is 1. The summed E-state index contributed by atoms with van der Waals surface area (Å²) in [4.78, 5) is 0. The fourth-order valence-electron chi connectivity index (χ4n) is 1.88. The van der Waals surface area contributed by atoms with Crippen LogP contribution in [0.5, 0.6) is 5.75 Å². The first kappa shape index (κ1) is 16.0. The van der Waals surface area contributed by atoms with Crippen molar-refractivity contribution in [2.24, 2.45) is 5.92 Å². The minimum absolute atomic E-state index is 0.748. The fourth-order valence-corrected chi connectivity index (χ4v) is 1.88. The Morgan fingerprint density at radius 2 is 2.05 bits per heavy atom. The summed E-state index contributed by atoms with van der Waals surface area (Å²) >= 11 is 0. The van der Waals surface area contributed by atoms with Gasteiger partial charge in [-0.1, -0.05) is 26.7 Å². The van der Waals surface area contributed by atoms with Gasteiger partial charge in [0.1, 0.15) is 0 Å². The molecule has 110 valence electrons. The van der Waals surface area contributed by atoms with Gasteiger partial charge in [0.2, 0.25) is 0 Å². The molecule has 0 bridgehead atoms. The molecule has 0 aliphatic carbocycles. The van der Waals surface area contributed by atoms with E-state index in [0.29, 0.717) is 0 Å². The normalized spacial score (nSPS) is 11.2. The quantitative estimate of drug-likeness (QED) is 0.626. The Hall–Kier alpha value is -1.03. The minimum Gasteiger partial charge on any atom is -0.490 e. The number of aromatic nitrogens is 2. The number of ether oxygens (including phenoxy) is 1. The molecule has 4 heteroatoms. The van der Waals surface area contributed by atoms with Gasteiger partial charge in [-0.15, -0.1) is 0 Å². The zero-order valence-corrected chi connectivity index (χ0v) is 12.7. The first-order valence-corrected chi connectivity index (χ1v) is 7.58. The molecule has 0 aromatic carbocycles. The van der Waals surface area contributed by atoms with Crippen LogP contribution < -0.4 is 10.1 Å². The molecular weight excluding hydrogens is 238 g/mol. The Balaban J connectivity index is 1.88. The van der Waals surface area contributed by atoms with E-state index in [1.165, 1.54) is 19.3 Å². The van der Waals surface area contributed by atoms with Crippen LogP contribution in [0.25, 0.3) is 0 Å². The Labute approximate surface area is 117 Å². The van der Waals surface area contributed by atoms with Crippen molar-refractivity contribution in [2.45, 2.75) is 53.0 Å². The number of aryl methyl sites for hydroxylation is 1. The number of unbranched alkanes of at least 4 members (excludes halogenated alkanes) is 3. The van der Waals surface area contributed by atoms with Crippen LogP contribution in [0.2, 0.25) is 0 Å². The maximum absolute atomic E-state index is 5.65. The third kappa shape index (κ3) is 7.88. The van der Waals surface area contributed by atoms with Crippen LogP contribution in [0.3, 0.4) is 0 Å². The highest BCUT2D eigenvalue weighted by molar-refractivity contribution is 5.11. The van der Waals surface area contributed by atoms with Crippen molar-refractivity contribution in [1.29, 1.82) is 0 Å². The fraction of sp³-hybridized carbons (Fsp3) is 0.800. The number of rotatable bonds is 11. The first-order valence-electron chi connectivity index (χ1n) is 7.58. The monoisotopic (exact) mass is 267 g/mol. The summed E-state index contributed by atoms with van der Waals surface area (Å²) in [6, 6.07) is 0. The van der Waals surface area contributed by atoms with Gasteiger partial charge in [0, 0.05) is 6.54 Å². The molecule has 0 saturated carbocycles. The maximum Gasteiger partial charge on any atom is 0.157 e. The average Bonchev–Trinajstić information content (AvgIpc) is 2.84. The lowest BCUT2D eigenvalue weighted by Crippen LogP contribution is -2.20. The third-order valence-electron chi connectivity index (χ3n) is 3.00. The standard InChI is InChI=1S/C15H29N3O/c1-4-18-13-15(12-17-18)19-10-8-6-5-7-9-16-11-14(2)3/h12-14,16H,4-11H2,1-3H3. The molecule has 1 aromatic heterocycles. The second-order valence-corrected chi connectivity index (χ2v) is 5.39. The van der Waals surface area contributed by atoms with Crippen LogP contribution in [0.15, 0.2) is 12.4 Å². The van der Waals surface area contributed by atoms with Crippen molar-refractivity contribution >= 4 is 0 Å². The second-order valence-electron chi connectivity index (χ2n) is 5.39. The maximum atomic E-state index is 5.65. The van der Waals surface area contributed by atoms with Crippen molar-refractivity contribution in [1.82, 2.24) is 15.1 Å². The largest absolute Gasteiger partial charge is 0.490 e. The van der Waals surface area contributed by atoms with Gasteiger partial charge in [0.25, 0.3) is 0 Å². The Bertz CT molecular complexity index is 323. The van der Waals surface area contributed by atoms with Crippen LogP contribution in [0, 0.1) is 5.92 Å². The van der Waals surface area contributed by atoms with Gasteiger partial charge in [0.05, 0.1) is 19.0 Å². The second kappa shape index (κ2) is 9.84. The van der Waals surface area contributed by atoms with Crippen LogP contribution in [-0.2, 0) is 6.54 Å². The molecule has 1 heterocycles. The predicted molar refractivity (Wildman–Crippen MR) is 79.6 cm³/mol. The van der Waals surface area contributed by atoms with Gasteiger partial charge in [-0.3, -0.25) is 4.68 Å². The van der Waals surface area contributed by atoms with Crippen LogP contribution in [-0.4, -0.2) is 29.5 Å². The SMILES string of the molecule is CCn1cc(OCCCCCCNCC(C)C)cn1. The molecule has 4 nitrogen and oxygen atoms in total. The molecule has 0 aliphatic rings. The molecule has 0 radical (unpaired) electrons. The molecule has 0 amide bonds. The number of hydrogen-bond acceptors (Lipinski definition) is 3. The van der Waals surface area contributed by atoms with Gasteiger partial charge in [-0.2, -0.15) is 5.10 Å². The highest BCUT2D eigenvalue weighted by Crippen LogP contribution is 2.09. The van der Waals surface area contributed by atoms with Gasteiger partial charge in [-0.05, 0) is 38.8 Å². The molecule has 1 N–H and O–H groups in total. The summed E-state index contributed by atoms with van der Waals surface area (Å²) in [6.45, 7) is 10.5. The van der Waals surface area contributed by atoms with E-state index in [2.05, 4.69) is 31.2 Å². The van der Waals surface area contributed by atoms with Crippen molar-refractivity contribution in [3.05, 3.63) is 12.4 Å². The van der Waals surface area contributed by atoms with E-state index in [-0.39, 0.29) is 0 Å². The van der Waals surface area contributed by atoms with Gasteiger partial charge >= 0.3 is 0 Å². The highest BCUT2D eigenvalue weighted by atomic mass is 16.5. The predicted octanol–water partition coefficient (Wildman–Crippen LogP) is 3.09. The van der Waals surface area contributed by atoms with Crippen molar-refractivity contribution in [2.75, 3.05) is 19.7 Å². The summed E-state index contributed by atoms with van der Waals surface area (Å²) in [6.07, 6.45) is 8.66. The molecule has 0 saturated heterocycles. The number of nitrogens with zero attached hydrogens (tertiary/aromatic N) is 2. The van der Waals surface area contributed by atoms with Gasteiger partial charge in [-0.25, -0.2) is 0 Å². The van der Waals surface area contributed by atoms with E-state index in [1.54, 1.807) is 6.20 Å². The van der Waals surface area contributed by atoms with Crippen LogP contribution in [0.1, 0.15) is 46.5 Å². The first-order chi connectivity index (χ1) is 9.22. The van der Waals surface area contributed by atoms with E-state index < -0.39 is 0 Å². The zero-order valence-electron chi connectivity index (χ0n) is 12.7. The third-order valence-corrected chi connectivity index (χ3v) is 3.00. The number of hydrogen-bond donors (Lipinski definition) is 1. The summed E-state index contributed by atoms with van der Waals surface area (Å²) in [5.74, 6) is 1.64. The van der Waals surface area contributed by atoms with E-state index in [0.717, 1.165) is 44.3 Å². The summed E-state index contributed by atoms with van der Waals surface area (Å²) in [7, 11) is 0. The lowest BCUT2D eigenvalue weighted by molar-refractivity contribution is 0.304. The van der Waals surface area contributed by atoms with E-state index in [9.17, 15) is 0 Å². The smallest absolute Gasteiger partial charge is 0.157 e. The molecule has 0 atom stereocenters. The topological polar surface area (TPSA) is 39.1 Å². The lowest BCUT2D eigenvalue weighted by Gasteiger charge is -2.07. The van der Waals surface area contributed by atoms with Crippen LogP contribution >= 0.6 is 0 Å². The Morgan fingerprint density at radius 1 is 1.26 bits per heavy atom. The van der Waals surface area contributed by atoms with E-state index in [4.69, 9.17) is 4.74 Å². The highest BCUT2D eigenvalue weighted by Gasteiger charge is 1.98. The lowest BCUT2D eigenvalue weighted by atomic mass is 10.2. The minimum atomic E-state index is 0.748. The Kier molecular flexibility index (Phi) is 8.30. The molecule has 1 aromatic rings. The van der Waals surface area contributed by atoms with Gasteiger partial charge < -0.3 is 10.1 Å². The van der Waals surface area contributed by atoms with Gasteiger partial charge in [0.15, 0.2) is 5.75 Å².